The lowest BCUT2D eigenvalue weighted by Crippen LogP contribution is -2.32. The first-order valence-corrected chi connectivity index (χ1v) is 8.90. The molecule has 0 atom stereocenters. The van der Waals surface area contributed by atoms with Gasteiger partial charge in [0.1, 0.15) is 0 Å². The van der Waals surface area contributed by atoms with Crippen LogP contribution in [0.25, 0.3) is 0 Å². The number of nitrogens with one attached hydrogen (secondary N) is 2. The van der Waals surface area contributed by atoms with Gasteiger partial charge in [0.2, 0.25) is 5.91 Å². The summed E-state index contributed by atoms with van der Waals surface area (Å²) < 4.78 is 39.1. The largest absolute Gasteiger partial charge is 0.416 e. The average molecular weight is 355 g/mol. The molecule has 1 heterocycles. The predicted octanol–water partition coefficient (Wildman–Crippen LogP) is 3.63. The van der Waals surface area contributed by atoms with Crippen molar-refractivity contribution in [2.75, 3.05) is 36.4 Å². The van der Waals surface area contributed by atoms with E-state index in [1.165, 1.54) is 18.9 Å². The van der Waals surface area contributed by atoms with Crippen molar-refractivity contribution < 1.29 is 18.0 Å². The van der Waals surface area contributed by atoms with Gasteiger partial charge in [-0.25, -0.2) is 0 Å². The molecule has 7 heteroatoms. The van der Waals surface area contributed by atoms with Crippen LogP contribution in [0.5, 0.6) is 0 Å². The molecule has 3 rings (SSSR count). The average Bonchev–Trinajstić information content (AvgIpc) is 3.39. The first-order chi connectivity index (χ1) is 11.9. The molecule has 0 radical (unpaired) electrons. The highest BCUT2D eigenvalue weighted by molar-refractivity contribution is 5.95. The Morgan fingerprint density at radius 1 is 1.16 bits per heavy atom. The van der Waals surface area contributed by atoms with Crippen LogP contribution in [-0.2, 0) is 11.0 Å². The van der Waals surface area contributed by atoms with Gasteiger partial charge in [-0.1, -0.05) is 0 Å². The second-order valence-electron chi connectivity index (χ2n) is 6.90. The van der Waals surface area contributed by atoms with Gasteiger partial charge in [-0.05, 0) is 62.8 Å². The van der Waals surface area contributed by atoms with E-state index in [1.807, 2.05) is 0 Å². The van der Waals surface area contributed by atoms with Crippen LogP contribution in [0.2, 0.25) is 0 Å². The Kier molecular flexibility index (Phi) is 5.51. The van der Waals surface area contributed by atoms with E-state index in [9.17, 15) is 18.0 Å². The molecule has 2 fully saturated rings. The molecule has 0 spiro atoms. The molecule has 4 nitrogen and oxygen atoms in total. The van der Waals surface area contributed by atoms with Gasteiger partial charge in [-0.15, -0.1) is 0 Å². The fourth-order valence-electron chi connectivity index (χ4n) is 3.13. The van der Waals surface area contributed by atoms with E-state index in [0.29, 0.717) is 11.6 Å². The number of amides is 1. The van der Waals surface area contributed by atoms with Crippen LogP contribution in [0.15, 0.2) is 18.2 Å². The van der Waals surface area contributed by atoms with Crippen molar-refractivity contribution in [3.05, 3.63) is 23.8 Å². The van der Waals surface area contributed by atoms with Gasteiger partial charge in [0.25, 0.3) is 0 Å². The minimum atomic E-state index is -4.43. The van der Waals surface area contributed by atoms with Gasteiger partial charge >= 0.3 is 6.18 Å². The van der Waals surface area contributed by atoms with Crippen molar-refractivity contribution in [2.24, 2.45) is 5.92 Å². The zero-order valence-corrected chi connectivity index (χ0v) is 14.2. The van der Waals surface area contributed by atoms with Crippen LogP contribution < -0.4 is 15.5 Å². The molecule has 0 bridgehead atoms. The molecule has 1 saturated heterocycles. The molecule has 0 aromatic heterocycles. The summed E-state index contributed by atoms with van der Waals surface area (Å²) in [6.45, 7) is 2.50. The third-order valence-corrected chi connectivity index (χ3v) is 4.71. The Morgan fingerprint density at radius 3 is 2.52 bits per heavy atom. The number of nitrogens with zero attached hydrogens (tertiary/aromatic N) is 1. The van der Waals surface area contributed by atoms with E-state index < -0.39 is 11.7 Å². The molecule has 1 aliphatic carbocycles. The van der Waals surface area contributed by atoms with E-state index in [1.54, 1.807) is 0 Å². The minimum absolute atomic E-state index is 0.117. The van der Waals surface area contributed by atoms with Gasteiger partial charge in [0.05, 0.1) is 23.5 Å². The monoisotopic (exact) mass is 355 g/mol. The fourth-order valence-corrected chi connectivity index (χ4v) is 3.13. The Labute approximate surface area is 145 Å². The maximum absolute atomic E-state index is 13.0. The van der Waals surface area contributed by atoms with Gasteiger partial charge in [-0.3, -0.25) is 4.79 Å². The zero-order chi connectivity index (χ0) is 17.9. The number of benzene rings is 1. The molecule has 1 aromatic rings. The highest BCUT2D eigenvalue weighted by Crippen LogP contribution is 2.36. The smallest absolute Gasteiger partial charge is 0.370 e. The van der Waals surface area contributed by atoms with Crippen molar-refractivity contribution in [3.63, 3.8) is 0 Å². The number of carbonyl (C=O) groups is 1. The van der Waals surface area contributed by atoms with E-state index in [-0.39, 0.29) is 18.1 Å². The molecule has 1 amide bonds. The van der Waals surface area contributed by atoms with Crippen molar-refractivity contribution in [3.8, 4) is 0 Å². The lowest BCUT2D eigenvalue weighted by molar-refractivity contribution is -0.137. The molecule has 2 N–H and O–H groups in total. The van der Waals surface area contributed by atoms with E-state index in [4.69, 9.17) is 0 Å². The molecule has 138 valence electrons. The molecule has 2 aliphatic rings. The molecule has 1 saturated carbocycles. The Morgan fingerprint density at radius 2 is 1.88 bits per heavy atom. The van der Waals surface area contributed by atoms with E-state index in [0.717, 1.165) is 51.0 Å². The molecule has 25 heavy (non-hydrogen) atoms. The lowest BCUT2D eigenvalue weighted by Gasteiger charge is -2.31. The maximum atomic E-state index is 13.0. The summed E-state index contributed by atoms with van der Waals surface area (Å²) in [5.74, 6) is 0.337. The van der Waals surface area contributed by atoms with Gasteiger partial charge in [-0.2, -0.15) is 13.2 Å². The highest BCUT2D eigenvalue weighted by atomic mass is 19.4. The summed E-state index contributed by atoms with van der Waals surface area (Å²) in [6, 6.07) is 3.61. The summed E-state index contributed by atoms with van der Waals surface area (Å²) >= 11 is 0. The number of halogens is 3. The number of piperidine rings is 1. The molecule has 1 aromatic carbocycles. The van der Waals surface area contributed by atoms with Crippen molar-refractivity contribution in [1.29, 1.82) is 0 Å². The number of rotatable bonds is 6. The fraction of sp³-hybridized carbons (Fsp3) is 0.611. The van der Waals surface area contributed by atoms with Gasteiger partial charge < -0.3 is 15.5 Å². The standard InChI is InChI=1S/C18H24F3N3O/c19-18(20,21)14-6-7-16(24-8-2-1-3-9-24)15(10-14)23-17(25)12-22-11-13-4-5-13/h6-7,10,13,22H,1-5,8-9,11-12H2,(H,23,25). The second-order valence-corrected chi connectivity index (χ2v) is 6.90. The minimum Gasteiger partial charge on any atom is -0.370 e. The highest BCUT2D eigenvalue weighted by Gasteiger charge is 2.32. The first kappa shape index (κ1) is 18.0. The van der Waals surface area contributed by atoms with Crippen LogP contribution in [0, 0.1) is 5.92 Å². The summed E-state index contributed by atoms with van der Waals surface area (Å²) in [4.78, 5) is 14.2. The number of carbonyl (C=O) groups excluding carboxylic acids is 1. The predicted molar refractivity (Wildman–Crippen MR) is 91.7 cm³/mol. The third-order valence-electron chi connectivity index (χ3n) is 4.71. The number of hydrogen-bond donors (Lipinski definition) is 2. The quantitative estimate of drug-likeness (QED) is 0.819. The summed E-state index contributed by atoms with van der Waals surface area (Å²) in [6.07, 6.45) is 1.09. The normalized spacial score (nSPS) is 18.3. The molecule has 0 unspecified atom stereocenters. The Balaban J connectivity index is 1.73. The van der Waals surface area contributed by atoms with Crippen LogP contribution in [0.1, 0.15) is 37.7 Å². The molecule has 1 aliphatic heterocycles. The van der Waals surface area contributed by atoms with Gasteiger partial charge in [0, 0.05) is 13.1 Å². The Bertz CT molecular complexity index is 608. The van der Waals surface area contributed by atoms with Crippen LogP contribution in [-0.4, -0.2) is 32.1 Å². The molecular weight excluding hydrogens is 331 g/mol. The van der Waals surface area contributed by atoms with Crippen LogP contribution >= 0.6 is 0 Å². The number of anilines is 2. The van der Waals surface area contributed by atoms with E-state index >= 15 is 0 Å². The Hall–Kier alpha value is -1.76. The summed E-state index contributed by atoms with van der Waals surface area (Å²) in [5.41, 5.74) is 0.174. The summed E-state index contributed by atoms with van der Waals surface area (Å²) in [7, 11) is 0. The SMILES string of the molecule is O=C(CNCC1CC1)Nc1cc(C(F)(F)F)ccc1N1CCCCC1. The topological polar surface area (TPSA) is 44.4 Å². The number of alkyl halides is 3. The van der Waals surface area contributed by atoms with Crippen molar-refractivity contribution in [1.82, 2.24) is 5.32 Å². The van der Waals surface area contributed by atoms with E-state index in [2.05, 4.69) is 15.5 Å². The zero-order valence-electron chi connectivity index (χ0n) is 14.2. The first-order valence-electron chi connectivity index (χ1n) is 8.90. The molecular formula is C18H24F3N3O. The van der Waals surface area contributed by atoms with Crippen LogP contribution in [0.4, 0.5) is 24.5 Å². The van der Waals surface area contributed by atoms with Gasteiger partial charge in [0.15, 0.2) is 0 Å². The van der Waals surface area contributed by atoms with Crippen molar-refractivity contribution >= 4 is 17.3 Å². The van der Waals surface area contributed by atoms with Crippen molar-refractivity contribution in [2.45, 2.75) is 38.3 Å². The number of hydrogen-bond acceptors (Lipinski definition) is 3. The lowest BCUT2D eigenvalue weighted by atomic mass is 10.1. The maximum Gasteiger partial charge on any atom is 0.416 e. The second kappa shape index (κ2) is 7.64. The van der Waals surface area contributed by atoms with Crippen LogP contribution in [0.3, 0.4) is 0 Å². The summed E-state index contributed by atoms with van der Waals surface area (Å²) in [5, 5.41) is 5.73. The third kappa shape index (κ3) is 5.11.